The van der Waals surface area contributed by atoms with E-state index in [2.05, 4.69) is 4.98 Å². The lowest BCUT2D eigenvalue weighted by atomic mass is 9.71. The fraction of sp³-hybridized carbons (Fsp3) is 0.500. The minimum Gasteiger partial charge on any atom is -0.490 e. The van der Waals surface area contributed by atoms with Crippen molar-refractivity contribution in [3.05, 3.63) is 28.1 Å². The normalized spacial score (nSPS) is 24.0. The van der Waals surface area contributed by atoms with Crippen LogP contribution < -0.4 is 4.74 Å². The van der Waals surface area contributed by atoms with Crippen molar-refractivity contribution in [3.8, 4) is 5.75 Å². The van der Waals surface area contributed by atoms with Crippen molar-refractivity contribution in [1.82, 2.24) is 4.98 Å². The highest BCUT2D eigenvalue weighted by atomic mass is 16.6. The van der Waals surface area contributed by atoms with Gasteiger partial charge in [0.05, 0.1) is 24.0 Å². The van der Waals surface area contributed by atoms with E-state index in [1.807, 2.05) is 6.92 Å². The summed E-state index contributed by atoms with van der Waals surface area (Å²) in [6, 6.07) is 2.81. The Balaban J connectivity index is 1.96. The van der Waals surface area contributed by atoms with Gasteiger partial charge in [-0.3, -0.25) is 14.9 Å². The first kappa shape index (κ1) is 16.2. The first-order valence-corrected chi connectivity index (χ1v) is 7.70. The number of carboxylic acids is 1. The van der Waals surface area contributed by atoms with Crippen LogP contribution in [0.4, 0.5) is 5.69 Å². The molecule has 0 saturated heterocycles. The summed E-state index contributed by atoms with van der Waals surface area (Å²) in [6.45, 7) is 1.99. The van der Waals surface area contributed by atoms with Gasteiger partial charge in [0, 0.05) is 11.5 Å². The second-order valence-corrected chi connectivity index (χ2v) is 6.44. The Morgan fingerprint density at radius 3 is 2.67 bits per heavy atom. The third-order valence-electron chi connectivity index (χ3n) is 4.84. The summed E-state index contributed by atoms with van der Waals surface area (Å²) in [7, 11) is 1.36. The van der Waals surface area contributed by atoms with E-state index in [1.165, 1.54) is 19.2 Å². The molecular formula is C16H18N2O6. The molecule has 1 aromatic heterocycles. The number of nitrogens with zero attached hydrogens (tertiary/aromatic N) is 2. The molecule has 1 N–H and O–H groups in total. The average Bonchev–Trinajstić information content (AvgIpc) is 2.97. The van der Waals surface area contributed by atoms with Crippen LogP contribution in [0.3, 0.4) is 0 Å². The first-order valence-electron chi connectivity index (χ1n) is 7.70. The van der Waals surface area contributed by atoms with Gasteiger partial charge in [-0.25, -0.2) is 4.98 Å². The standard InChI is InChI=1S/C16H18N2O6/c1-16(5-3-9(4-6-16)14(19)20)15-17-10-7-13(23-2)11(18(21)22)8-12(10)24-15/h7-9H,3-6H2,1-2H3,(H,19,20). The van der Waals surface area contributed by atoms with Crippen molar-refractivity contribution in [1.29, 1.82) is 0 Å². The lowest BCUT2D eigenvalue weighted by Crippen LogP contribution is -2.31. The van der Waals surface area contributed by atoms with Gasteiger partial charge in [0.15, 0.2) is 11.3 Å². The quantitative estimate of drug-likeness (QED) is 0.673. The van der Waals surface area contributed by atoms with Crippen LogP contribution in [-0.4, -0.2) is 28.1 Å². The van der Waals surface area contributed by atoms with Gasteiger partial charge in [-0.2, -0.15) is 0 Å². The van der Waals surface area contributed by atoms with Gasteiger partial charge >= 0.3 is 11.7 Å². The van der Waals surface area contributed by atoms with Crippen LogP contribution in [0.5, 0.6) is 5.75 Å². The molecule has 0 bridgehead atoms. The van der Waals surface area contributed by atoms with Crippen LogP contribution in [0.2, 0.25) is 0 Å². The van der Waals surface area contributed by atoms with E-state index in [0.29, 0.717) is 42.7 Å². The lowest BCUT2D eigenvalue weighted by molar-refractivity contribution is -0.385. The Hall–Kier alpha value is -2.64. The van der Waals surface area contributed by atoms with Crippen molar-refractivity contribution < 1.29 is 24.0 Å². The van der Waals surface area contributed by atoms with E-state index in [1.54, 1.807) is 0 Å². The number of aromatic nitrogens is 1. The number of nitro groups is 1. The number of nitro benzene ring substituents is 1. The summed E-state index contributed by atoms with van der Waals surface area (Å²) in [4.78, 5) is 26.1. The Morgan fingerprint density at radius 2 is 2.12 bits per heavy atom. The molecule has 1 aliphatic rings. The highest BCUT2D eigenvalue weighted by Gasteiger charge is 2.39. The van der Waals surface area contributed by atoms with Crippen LogP contribution >= 0.6 is 0 Å². The Morgan fingerprint density at radius 1 is 1.46 bits per heavy atom. The molecule has 1 aliphatic carbocycles. The summed E-state index contributed by atoms with van der Waals surface area (Å²) >= 11 is 0. The fourth-order valence-corrected chi connectivity index (χ4v) is 3.22. The van der Waals surface area contributed by atoms with Crippen molar-refractivity contribution in [2.45, 2.75) is 38.0 Å². The summed E-state index contributed by atoms with van der Waals surface area (Å²) < 4.78 is 10.8. The molecule has 3 rings (SSSR count). The molecule has 128 valence electrons. The molecule has 1 heterocycles. The van der Waals surface area contributed by atoms with Crippen LogP contribution in [0.15, 0.2) is 16.5 Å². The highest BCUT2D eigenvalue weighted by molar-refractivity contribution is 5.79. The maximum absolute atomic E-state index is 11.1. The number of benzene rings is 1. The van der Waals surface area contributed by atoms with E-state index in [0.717, 1.165) is 0 Å². The Kier molecular flexibility index (Phi) is 3.90. The van der Waals surface area contributed by atoms with Gasteiger partial charge in [0.1, 0.15) is 5.52 Å². The molecule has 8 nitrogen and oxygen atoms in total. The maximum Gasteiger partial charge on any atom is 0.314 e. The summed E-state index contributed by atoms with van der Waals surface area (Å²) in [5, 5.41) is 20.2. The van der Waals surface area contributed by atoms with Gasteiger partial charge in [-0.1, -0.05) is 6.92 Å². The highest BCUT2D eigenvalue weighted by Crippen LogP contribution is 2.42. The third kappa shape index (κ3) is 2.68. The number of hydrogen-bond donors (Lipinski definition) is 1. The summed E-state index contributed by atoms with van der Waals surface area (Å²) in [5.41, 5.74) is 0.285. The molecule has 8 heteroatoms. The lowest BCUT2D eigenvalue weighted by Gasteiger charge is -2.33. The van der Waals surface area contributed by atoms with Gasteiger partial charge in [0.2, 0.25) is 5.89 Å². The topological polar surface area (TPSA) is 116 Å². The van der Waals surface area contributed by atoms with Crippen LogP contribution in [0.1, 0.15) is 38.5 Å². The summed E-state index contributed by atoms with van der Waals surface area (Å²) in [6.07, 6.45) is 2.42. The number of ether oxygens (including phenoxy) is 1. The van der Waals surface area contributed by atoms with Crippen molar-refractivity contribution in [2.75, 3.05) is 7.11 Å². The van der Waals surface area contributed by atoms with Gasteiger partial charge < -0.3 is 14.3 Å². The third-order valence-corrected chi connectivity index (χ3v) is 4.84. The van der Waals surface area contributed by atoms with Gasteiger partial charge in [0.25, 0.3) is 0 Å². The molecule has 24 heavy (non-hydrogen) atoms. The zero-order valence-corrected chi connectivity index (χ0v) is 13.4. The van der Waals surface area contributed by atoms with E-state index in [4.69, 9.17) is 14.3 Å². The molecule has 0 atom stereocenters. The molecule has 0 aliphatic heterocycles. The predicted molar refractivity (Wildman–Crippen MR) is 84.2 cm³/mol. The molecule has 1 aromatic carbocycles. The zero-order valence-electron chi connectivity index (χ0n) is 13.4. The molecule has 0 unspecified atom stereocenters. The zero-order chi connectivity index (χ0) is 17.5. The molecular weight excluding hydrogens is 316 g/mol. The average molecular weight is 334 g/mol. The number of aliphatic carboxylic acids is 1. The number of hydrogen-bond acceptors (Lipinski definition) is 6. The van der Waals surface area contributed by atoms with Crippen LogP contribution in [0.25, 0.3) is 11.1 Å². The van der Waals surface area contributed by atoms with Gasteiger partial charge in [-0.15, -0.1) is 0 Å². The fourth-order valence-electron chi connectivity index (χ4n) is 3.22. The smallest absolute Gasteiger partial charge is 0.314 e. The van der Waals surface area contributed by atoms with Crippen molar-refractivity contribution >= 4 is 22.8 Å². The minimum absolute atomic E-state index is 0.132. The largest absolute Gasteiger partial charge is 0.490 e. The maximum atomic E-state index is 11.1. The second kappa shape index (κ2) is 5.77. The SMILES string of the molecule is COc1cc2nc(C3(C)CCC(C(=O)O)CC3)oc2cc1[N+](=O)[O-]. The summed E-state index contributed by atoms with van der Waals surface area (Å²) in [5.74, 6) is -0.477. The number of carboxylic acid groups (broad SMARTS) is 1. The molecule has 2 aromatic rings. The predicted octanol–water partition coefficient (Wildman–Crippen LogP) is 3.28. The number of rotatable bonds is 4. The number of oxazole rings is 1. The number of fused-ring (bicyclic) bond motifs is 1. The minimum atomic E-state index is -0.769. The molecule has 1 fully saturated rings. The molecule has 1 saturated carbocycles. The monoisotopic (exact) mass is 334 g/mol. The van der Waals surface area contributed by atoms with Gasteiger partial charge in [-0.05, 0) is 25.7 Å². The van der Waals surface area contributed by atoms with E-state index < -0.39 is 10.9 Å². The Labute approximate surface area is 137 Å². The Bertz CT molecular complexity index is 804. The van der Waals surface area contributed by atoms with E-state index in [-0.39, 0.29) is 22.8 Å². The van der Waals surface area contributed by atoms with E-state index >= 15 is 0 Å². The second-order valence-electron chi connectivity index (χ2n) is 6.44. The van der Waals surface area contributed by atoms with Crippen molar-refractivity contribution in [3.63, 3.8) is 0 Å². The van der Waals surface area contributed by atoms with Crippen LogP contribution in [-0.2, 0) is 10.2 Å². The number of methoxy groups -OCH3 is 1. The van der Waals surface area contributed by atoms with Crippen LogP contribution in [0, 0.1) is 16.0 Å². The van der Waals surface area contributed by atoms with E-state index in [9.17, 15) is 14.9 Å². The van der Waals surface area contributed by atoms with Crippen molar-refractivity contribution in [2.24, 2.45) is 5.92 Å². The number of carbonyl (C=O) groups is 1. The molecule has 0 radical (unpaired) electrons. The molecule has 0 spiro atoms. The first-order chi connectivity index (χ1) is 11.3. The molecule has 0 amide bonds.